The van der Waals surface area contributed by atoms with Crippen LogP contribution in [-0.4, -0.2) is 23.6 Å². The first-order valence-corrected chi connectivity index (χ1v) is 6.17. The summed E-state index contributed by atoms with van der Waals surface area (Å²) in [7, 11) is 0. The summed E-state index contributed by atoms with van der Waals surface area (Å²) >= 11 is 12.0. The Morgan fingerprint density at radius 1 is 1.50 bits per heavy atom. The smallest absolute Gasteiger partial charge is 0.147 e. The summed E-state index contributed by atoms with van der Waals surface area (Å²) in [6.45, 7) is 3.04. The highest BCUT2D eigenvalue weighted by molar-refractivity contribution is 6.36. The predicted octanol–water partition coefficient (Wildman–Crippen LogP) is 2.70. The van der Waals surface area contributed by atoms with Crippen LogP contribution in [0.2, 0.25) is 10.0 Å². The van der Waals surface area contributed by atoms with Crippen LogP contribution >= 0.6 is 23.2 Å². The van der Waals surface area contributed by atoms with E-state index in [0.717, 1.165) is 25.2 Å². The van der Waals surface area contributed by atoms with Gasteiger partial charge in [0.05, 0.1) is 10.0 Å². The summed E-state index contributed by atoms with van der Waals surface area (Å²) in [5.41, 5.74) is 5.93. The van der Waals surface area contributed by atoms with Crippen molar-refractivity contribution < 1.29 is 0 Å². The molecule has 1 fully saturated rings. The number of hydrogen-bond donors (Lipinski definition) is 1. The number of piperidine rings is 1. The summed E-state index contributed by atoms with van der Waals surface area (Å²) < 4.78 is 0. The predicted molar refractivity (Wildman–Crippen MR) is 68.3 cm³/mol. The molecule has 0 saturated carbocycles. The van der Waals surface area contributed by atoms with Crippen LogP contribution in [0, 0.1) is 0 Å². The first-order chi connectivity index (χ1) is 7.58. The van der Waals surface area contributed by atoms with Gasteiger partial charge in [-0.3, -0.25) is 0 Å². The number of anilines is 1. The molecule has 0 spiro atoms. The fourth-order valence-electron chi connectivity index (χ4n) is 2.14. The van der Waals surface area contributed by atoms with Crippen molar-refractivity contribution in [1.82, 2.24) is 4.98 Å². The summed E-state index contributed by atoms with van der Waals surface area (Å²) in [5.74, 6) is 0.811. The van der Waals surface area contributed by atoms with Crippen LogP contribution in [0.15, 0.2) is 12.3 Å². The molecule has 2 atom stereocenters. The van der Waals surface area contributed by atoms with Gasteiger partial charge in [-0.05, 0) is 25.8 Å². The molecule has 2 heterocycles. The normalized spacial score (nSPS) is 25.9. The van der Waals surface area contributed by atoms with Gasteiger partial charge in [0.25, 0.3) is 0 Å². The Morgan fingerprint density at radius 2 is 2.25 bits per heavy atom. The minimum absolute atomic E-state index is 0.289. The number of aromatic nitrogens is 1. The van der Waals surface area contributed by atoms with E-state index in [1.165, 1.54) is 0 Å². The van der Waals surface area contributed by atoms with Crippen LogP contribution in [0.25, 0.3) is 0 Å². The number of nitrogens with zero attached hydrogens (tertiary/aromatic N) is 2. The summed E-state index contributed by atoms with van der Waals surface area (Å²) in [4.78, 5) is 6.49. The number of nitrogens with two attached hydrogens (primary N) is 1. The second-order valence-electron chi connectivity index (χ2n) is 4.29. The summed E-state index contributed by atoms with van der Waals surface area (Å²) in [5, 5.41) is 1.17. The third-order valence-corrected chi connectivity index (χ3v) is 3.46. The van der Waals surface area contributed by atoms with Crippen molar-refractivity contribution in [2.24, 2.45) is 5.73 Å². The van der Waals surface area contributed by atoms with Crippen molar-refractivity contribution in [3.05, 3.63) is 22.3 Å². The molecule has 0 radical (unpaired) electrons. The molecule has 2 rings (SSSR count). The van der Waals surface area contributed by atoms with Gasteiger partial charge in [-0.1, -0.05) is 23.2 Å². The van der Waals surface area contributed by atoms with Crippen molar-refractivity contribution in [3.63, 3.8) is 0 Å². The van der Waals surface area contributed by atoms with Gasteiger partial charge >= 0.3 is 0 Å². The van der Waals surface area contributed by atoms with Gasteiger partial charge in [-0.15, -0.1) is 0 Å². The quantitative estimate of drug-likeness (QED) is 0.844. The van der Waals surface area contributed by atoms with Gasteiger partial charge in [-0.25, -0.2) is 4.98 Å². The molecule has 0 aromatic carbocycles. The van der Waals surface area contributed by atoms with Crippen molar-refractivity contribution in [2.75, 3.05) is 11.4 Å². The molecular weight excluding hydrogens is 245 g/mol. The van der Waals surface area contributed by atoms with Crippen molar-refractivity contribution in [1.29, 1.82) is 0 Å². The van der Waals surface area contributed by atoms with Crippen LogP contribution in [0.5, 0.6) is 0 Å². The lowest BCUT2D eigenvalue weighted by Gasteiger charge is -2.37. The number of rotatable bonds is 1. The molecule has 1 aromatic rings. The zero-order chi connectivity index (χ0) is 11.7. The Kier molecular flexibility index (Phi) is 3.57. The van der Waals surface area contributed by atoms with Crippen LogP contribution in [-0.2, 0) is 0 Å². The van der Waals surface area contributed by atoms with Crippen molar-refractivity contribution in [3.8, 4) is 0 Å². The van der Waals surface area contributed by atoms with Gasteiger partial charge in [0.2, 0.25) is 0 Å². The van der Waals surface area contributed by atoms with Gasteiger partial charge in [0.1, 0.15) is 5.82 Å². The zero-order valence-corrected chi connectivity index (χ0v) is 10.7. The van der Waals surface area contributed by atoms with E-state index in [0.29, 0.717) is 16.1 Å². The highest BCUT2D eigenvalue weighted by Gasteiger charge is 2.25. The van der Waals surface area contributed by atoms with Gasteiger partial charge < -0.3 is 10.6 Å². The van der Waals surface area contributed by atoms with E-state index in [9.17, 15) is 0 Å². The summed E-state index contributed by atoms with van der Waals surface area (Å²) in [6.07, 6.45) is 3.58. The molecule has 2 N–H and O–H groups in total. The number of hydrogen-bond acceptors (Lipinski definition) is 3. The van der Waals surface area contributed by atoms with Gasteiger partial charge in [0, 0.05) is 24.8 Å². The molecule has 1 aliphatic rings. The fraction of sp³-hybridized carbons (Fsp3) is 0.545. The molecule has 1 aliphatic heterocycles. The first-order valence-electron chi connectivity index (χ1n) is 5.41. The van der Waals surface area contributed by atoms with E-state index in [2.05, 4.69) is 16.8 Å². The lowest BCUT2D eigenvalue weighted by Crippen LogP contribution is -2.46. The lowest BCUT2D eigenvalue weighted by atomic mass is 9.99. The Labute approximate surface area is 106 Å². The lowest BCUT2D eigenvalue weighted by molar-refractivity contribution is 0.427. The third kappa shape index (κ3) is 2.42. The van der Waals surface area contributed by atoms with E-state index >= 15 is 0 Å². The Hall–Kier alpha value is -0.510. The van der Waals surface area contributed by atoms with Crippen molar-refractivity contribution in [2.45, 2.75) is 31.8 Å². The molecule has 16 heavy (non-hydrogen) atoms. The molecule has 0 amide bonds. The van der Waals surface area contributed by atoms with E-state index in [4.69, 9.17) is 28.9 Å². The second-order valence-corrected chi connectivity index (χ2v) is 5.13. The Balaban J connectivity index is 2.23. The molecule has 1 saturated heterocycles. The van der Waals surface area contributed by atoms with Crippen molar-refractivity contribution >= 4 is 29.0 Å². The van der Waals surface area contributed by atoms with Crippen LogP contribution in [0.4, 0.5) is 5.82 Å². The second kappa shape index (κ2) is 4.78. The van der Waals surface area contributed by atoms with Gasteiger partial charge in [0.15, 0.2) is 0 Å². The average Bonchev–Trinajstić information content (AvgIpc) is 2.19. The Bertz CT molecular complexity index is 383. The minimum Gasteiger partial charge on any atom is -0.353 e. The number of pyridine rings is 1. The van der Waals surface area contributed by atoms with E-state index < -0.39 is 0 Å². The van der Waals surface area contributed by atoms with E-state index in [1.807, 2.05) is 0 Å². The maximum absolute atomic E-state index is 6.14. The van der Waals surface area contributed by atoms with Crippen LogP contribution in [0.3, 0.4) is 0 Å². The van der Waals surface area contributed by atoms with Crippen LogP contribution < -0.4 is 10.6 Å². The highest BCUT2D eigenvalue weighted by atomic mass is 35.5. The Morgan fingerprint density at radius 3 is 2.88 bits per heavy atom. The first kappa shape index (κ1) is 12.0. The minimum atomic E-state index is 0.289. The topological polar surface area (TPSA) is 42.1 Å². The maximum Gasteiger partial charge on any atom is 0.147 e. The highest BCUT2D eigenvalue weighted by Crippen LogP contribution is 2.30. The average molecular weight is 260 g/mol. The molecular formula is C11H15Cl2N3. The molecule has 88 valence electrons. The fourth-order valence-corrected chi connectivity index (χ4v) is 2.63. The van der Waals surface area contributed by atoms with E-state index in [1.54, 1.807) is 12.3 Å². The third-order valence-electron chi connectivity index (χ3n) is 2.98. The molecule has 0 aliphatic carbocycles. The molecule has 2 unspecified atom stereocenters. The maximum atomic E-state index is 6.14. The molecule has 3 nitrogen and oxygen atoms in total. The summed E-state index contributed by atoms with van der Waals surface area (Å²) in [6, 6.07) is 2.39. The molecule has 0 bridgehead atoms. The SMILES string of the molecule is CC1CC(N)CCN1c1ncc(Cl)cc1Cl. The van der Waals surface area contributed by atoms with E-state index in [-0.39, 0.29) is 6.04 Å². The monoisotopic (exact) mass is 259 g/mol. The standard InChI is InChI=1S/C11H15Cl2N3/c1-7-4-9(14)2-3-16(7)11-10(13)5-8(12)6-15-11/h5-7,9H,2-4,14H2,1H3. The van der Waals surface area contributed by atoms with Gasteiger partial charge in [-0.2, -0.15) is 0 Å². The zero-order valence-electron chi connectivity index (χ0n) is 9.16. The number of halogens is 2. The van der Waals surface area contributed by atoms with Crippen LogP contribution in [0.1, 0.15) is 19.8 Å². The molecule has 1 aromatic heterocycles. The molecule has 5 heteroatoms. The largest absolute Gasteiger partial charge is 0.353 e.